The van der Waals surface area contributed by atoms with Crippen LogP contribution in [0, 0.1) is 11.3 Å². The zero-order valence-corrected chi connectivity index (χ0v) is 11.7. The normalized spacial score (nSPS) is 13.3. The van der Waals surface area contributed by atoms with Gasteiger partial charge < -0.3 is 10.1 Å². The van der Waals surface area contributed by atoms with Gasteiger partial charge in [-0.3, -0.25) is 4.79 Å². The minimum absolute atomic E-state index is 0.181. The number of rotatable bonds is 7. The molecule has 0 aromatic carbocycles. The maximum absolute atomic E-state index is 11.8. The Labute approximate surface area is 110 Å². The maximum atomic E-state index is 11.8. The number of hydrogen-bond donors (Lipinski definition) is 1. The third-order valence-corrected chi connectivity index (χ3v) is 2.70. The number of unbranched alkanes of at least 4 members (excludes halogenated alkanes) is 1. The third kappa shape index (κ3) is 5.18. The molecule has 17 heavy (non-hydrogen) atoms. The highest BCUT2D eigenvalue weighted by Crippen LogP contribution is 2.16. The second-order valence-corrected chi connectivity index (χ2v) is 4.36. The van der Waals surface area contributed by atoms with Crippen LogP contribution in [0.15, 0.2) is 0 Å². The molecular weight excluding hydrogens is 288 g/mol. The van der Waals surface area contributed by atoms with Gasteiger partial charge in [0.2, 0.25) is 11.4 Å². The number of nitriles is 1. The van der Waals surface area contributed by atoms with Crippen molar-refractivity contribution in [3.8, 4) is 6.07 Å². The highest BCUT2D eigenvalue weighted by Gasteiger charge is 2.40. The Morgan fingerprint density at radius 2 is 2.12 bits per heavy atom. The van der Waals surface area contributed by atoms with Gasteiger partial charge in [-0.1, -0.05) is 15.9 Å². The van der Waals surface area contributed by atoms with Gasteiger partial charge in [0.25, 0.3) is 0 Å². The lowest BCUT2D eigenvalue weighted by Gasteiger charge is -2.24. The second kappa shape index (κ2) is 8.07. The van der Waals surface area contributed by atoms with Crippen molar-refractivity contribution < 1.29 is 14.3 Å². The van der Waals surface area contributed by atoms with Crippen molar-refractivity contribution in [1.29, 1.82) is 5.26 Å². The van der Waals surface area contributed by atoms with Crippen molar-refractivity contribution in [1.82, 2.24) is 5.32 Å². The number of nitrogens with one attached hydrogen (secondary N) is 1. The van der Waals surface area contributed by atoms with Crippen LogP contribution in [0.4, 0.5) is 0 Å². The fraction of sp³-hybridized carbons (Fsp3) is 0.727. The molecule has 0 aliphatic carbocycles. The van der Waals surface area contributed by atoms with Crippen molar-refractivity contribution in [3.63, 3.8) is 0 Å². The third-order valence-electron chi connectivity index (χ3n) is 2.14. The van der Waals surface area contributed by atoms with Crippen LogP contribution >= 0.6 is 15.9 Å². The number of carbonyl (C=O) groups is 2. The van der Waals surface area contributed by atoms with Gasteiger partial charge in [0, 0.05) is 12.3 Å². The number of esters is 1. The Morgan fingerprint density at radius 1 is 1.47 bits per heavy atom. The van der Waals surface area contributed by atoms with Crippen LogP contribution < -0.4 is 5.32 Å². The summed E-state index contributed by atoms with van der Waals surface area (Å²) in [7, 11) is 0. The first-order valence-corrected chi connectivity index (χ1v) is 6.57. The molecule has 0 aromatic heterocycles. The first kappa shape index (κ1) is 15.9. The van der Waals surface area contributed by atoms with Crippen LogP contribution in [-0.2, 0) is 14.3 Å². The van der Waals surface area contributed by atoms with Crippen LogP contribution in [0.25, 0.3) is 0 Å². The molecule has 0 aliphatic rings. The SMILES string of the molecule is CCOC(=O)C(C#N)(CCCCBr)NC(C)=O. The largest absolute Gasteiger partial charge is 0.463 e. The lowest BCUT2D eigenvalue weighted by molar-refractivity contribution is -0.150. The zero-order valence-electron chi connectivity index (χ0n) is 10.1. The van der Waals surface area contributed by atoms with E-state index in [1.54, 1.807) is 6.92 Å². The first-order chi connectivity index (χ1) is 8.02. The molecule has 1 atom stereocenters. The van der Waals surface area contributed by atoms with Crippen LogP contribution in [0.5, 0.6) is 0 Å². The number of nitrogens with zero attached hydrogens (tertiary/aromatic N) is 1. The molecular formula is C11H17BrN2O3. The van der Waals surface area contributed by atoms with Crippen LogP contribution in [-0.4, -0.2) is 29.4 Å². The molecule has 6 heteroatoms. The van der Waals surface area contributed by atoms with Crippen molar-refractivity contribution in [2.24, 2.45) is 0 Å². The molecule has 0 fully saturated rings. The number of halogens is 1. The Kier molecular flexibility index (Phi) is 7.55. The summed E-state index contributed by atoms with van der Waals surface area (Å²) in [4.78, 5) is 22.8. The minimum Gasteiger partial charge on any atom is -0.463 e. The summed E-state index contributed by atoms with van der Waals surface area (Å²) in [5.74, 6) is -1.11. The Bertz CT molecular complexity index is 314. The monoisotopic (exact) mass is 304 g/mol. The van der Waals surface area contributed by atoms with Gasteiger partial charge in [0.1, 0.15) is 6.07 Å². The van der Waals surface area contributed by atoms with E-state index in [1.165, 1.54) is 6.92 Å². The maximum Gasteiger partial charge on any atom is 0.346 e. The van der Waals surface area contributed by atoms with E-state index in [1.807, 2.05) is 6.07 Å². The quantitative estimate of drug-likeness (QED) is 0.439. The summed E-state index contributed by atoms with van der Waals surface area (Å²) in [6, 6.07) is 1.87. The molecule has 0 spiro atoms. The van der Waals surface area contributed by atoms with Gasteiger partial charge >= 0.3 is 5.97 Å². The van der Waals surface area contributed by atoms with Gasteiger partial charge in [0.05, 0.1) is 6.61 Å². The number of alkyl halides is 1. The minimum atomic E-state index is -1.55. The van der Waals surface area contributed by atoms with Crippen molar-refractivity contribution in [2.45, 2.75) is 38.6 Å². The summed E-state index contributed by atoms with van der Waals surface area (Å²) in [6.07, 6.45) is 1.73. The summed E-state index contributed by atoms with van der Waals surface area (Å²) >= 11 is 3.27. The smallest absolute Gasteiger partial charge is 0.346 e. The van der Waals surface area contributed by atoms with E-state index in [2.05, 4.69) is 21.2 Å². The van der Waals surface area contributed by atoms with Gasteiger partial charge in [0.15, 0.2) is 0 Å². The summed E-state index contributed by atoms with van der Waals surface area (Å²) in [5, 5.41) is 12.3. The lowest BCUT2D eigenvalue weighted by atomic mass is 9.94. The molecule has 5 nitrogen and oxygen atoms in total. The van der Waals surface area contributed by atoms with E-state index in [0.717, 1.165) is 11.8 Å². The molecule has 0 rings (SSSR count). The zero-order chi connectivity index (χ0) is 13.3. The molecule has 0 radical (unpaired) electrons. The fourth-order valence-electron chi connectivity index (χ4n) is 1.38. The highest BCUT2D eigenvalue weighted by atomic mass is 79.9. The van der Waals surface area contributed by atoms with Crippen LogP contribution in [0.3, 0.4) is 0 Å². The molecule has 0 saturated heterocycles. The molecule has 96 valence electrons. The molecule has 0 bridgehead atoms. The van der Waals surface area contributed by atoms with Crippen LogP contribution in [0.1, 0.15) is 33.1 Å². The van der Waals surface area contributed by atoms with E-state index in [9.17, 15) is 9.59 Å². The number of carbonyl (C=O) groups excluding carboxylic acids is 2. The van der Waals surface area contributed by atoms with Gasteiger partial charge in [-0.15, -0.1) is 0 Å². The fourth-order valence-corrected chi connectivity index (χ4v) is 1.78. The topological polar surface area (TPSA) is 79.2 Å². The van der Waals surface area contributed by atoms with E-state index < -0.39 is 17.4 Å². The Morgan fingerprint density at radius 3 is 2.53 bits per heavy atom. The number of amides is 1. The standard InChI is InChI=1S/C11H17BrN2O3/c1-3-17-10(16)11(8-13,14-9(2)15)6-4-5-7-12/h3-7H2,1-2H3,(H,14,15). The predicted octanol–water partition coefficient (Wildman–Crippen LogP) is 1.51. The van der Waals surface area contributed by atoms with Gasteiger partial charge in [-0.05, 0) is 26.2 Å². The predicted molar refractivity (Wildman–Crippen MR) is 66.4 cm³/mol. The van der Waals surface area contributed by atoms with E-state index in [0.29, 0.717) is 6.42 Å². The molecule has 1 unspecified atom stereocenters. The first-order valence-electron chi connectivity index (χ1n) is 5.45. The van der Waals surface area contributed by atoms with Gasteiger partial charge in [-0.25, -0.2) is 4.79 Å². The van der Waals surface area contributed by atoms with E-state index >= 15 is 0 Å². The van der Waals surface area contributed by atoms with Crippen molar-refractivity contribution in [3.05, 3.63) is 0 Å². The summed E-state index contributed by atoms with van der Waals surface area (Å²) in [5.41, 5.74) is -1.55. The highest BCUT2D eigenvalue weighted by molar-refractivity contribution is 9.09. The molecule has 0 saturated carbocycles. The Hall–Kier alpha value is -1.09. The number of ether oxygens (including phenoxy) is 1. The summed E-state index contributed by atoms with van der Waals surface area (Å²) in [6.45, 7) is 3.11. The number of hydrogen-bond acceptors (Lipinski definition) is 4. The lowest BCUT2D eigenvalue weighted by Crippen LogP contribution is -2.53. The molecule has 0 aliphatic heterocycles. The van der Waals surface area contributed by atoms with Gasteiger partial charge in [-0.2, -0.15) is 5.26 Å². The Balaban J connectivity index is 4.81. The average molecular weight is 305 g/mol. The summed E-state index contributed by atoms with van der Waals surface area (Å²) < 4.78 is 4.84. The van der Waals surface area contributed by atoms with E-state index in [4.69, 9.17) is 10.00 Å². The van der Waals surface area contributed by atoms with Crippen molar-refractivity contribution in [2.75, 3.05) is 11.9 Å². The molecule has 1 N–H and O–H groups in total. The molecule has 1 amide bonds. The molecule has 0 aromatic rings. The van der Waals surface area contributed by atoms with E-state index in [-0.39, 0.29) is 13.0 Å². The molecule has 0 heterocycles. The second-order valence-electron chi connectivity index (χ2n) is 3.56. The average Bonchev–Trinajstić information content (AvgIpc) is 2.27. The van der Waals surface area contributed by atoms with Crippen LogP contribution in [0.2, 0.25) is 0 Å². The van der Waals surface area contributed by atoms with Crippen molar-refractivity contribution >= 4 is 27.8 Å².